The second kappa shape index (κ2) is 6.09. The van der Waals surface area contributed by atoms with E-state index in [1.54, 1.807) is 6.34 Å². The summed E-state index contributed by atoms with van der Waals surface area (Å²) < 4.78 is 0. The van der Waals surface area contributed by atoms with Crippen molar-refractivity contribution in [2.24, 2.45) is 4.99 Å². The maximum atomic E-state index is 8.93. The molecular weight excluding hydrogens is 274 g/mol. The molecule has 3 rings (SSSR count). The van der Waals surface area contributed by atoms with Gasteiger partial charge in [-0.2, -0.15) is 15.5 Å². The van der Waals surface area contributed by atoms with Crippen molar-refractivity contribution in [3.05, 3.63) is 70.8 Å². The average Bonchev–Trinajstić information content (AvgIpc) is 3.10. The molecule has 0 fully saturated rings. The lowest BCUT2D eigenvalue weighted by Crippen LogP contribution is -2.36. The zero-order valence-electron chi connectivity index (χ0n) is 11.8. The van der Waals surface area contributed by atoms with Gasteiger partial charge in [0, 0.05) is 0 Å². The maximum absolute atomic E-state index is 8.93. The highest BCUT2D eigenvalue weighted by atomic mass is 15.6. The Labute approximate surface area is 128 Å². The second-order valence-electron chi connectivity index (χ2n) is 4.92. The summed E-state index contributed by atoms with van der Waals surface area (Å²) in [6.45, 7) is 0.546. The Kier molecular flexibility index (Phi) is 3.82. The van der Waals surface area contributed by atoms with E-state index in [1.165, 1.54) is 0 Å². The lowest BCUT2D eigenvalue weighted by Gasteiger charge is -2.27. The van der Waals surface area contributed by atoms with Crippen LogP contribution in [0.4, 0.5) is 0 Å². The molecule has 1 aliphatic heterocycles. The number of nitrogens with zero attached hydrogens (tertiary/aromatic N) is 4. The summed E-state index contributed by atoms with van der Waals surface area (Å²) in [6.07, 6.45) is 1.67. The van der Waals surface area contributed by atoms with E-state index in [1.807, 2.05) is 53.5 Å². The highest BCUT2D eigenvalue weighted by molar-refractivity contribution is 5.55. The SMILES string of the molecule is N#Cc1ccc(C(c2ccc(C#N)cc2)N2CN=CN2)cc1. The molecule has 1 N–H and O–H groups in total. The molecule has 0 bridgehead atoms. The second-order valence-corrected chi connectivity index (χ2v) is 4.92. The number of hydrogen-bond donors (Lipinski definition) is 1. The first-order chi connectivity index (χ1) is 10.8. The molecule has 0 aliphatic carbocycles. The van der Waals surface area contributed by atoms with Gasteiger partial charge in [-0.05, 0) is 35.4 Å². The van der Waals surface area contributed by atoms with Gasteiger partial charge in [-0.1, -0.05) is 24.3 Å². The lowest BCUT2D eigenvalue weighted by atomic mass is 9.96. The topological polar surface area (TPSA) is 75.2 Å². The molecule has 0 unspecified atom stereocenters. The molecule has 5 heteroatoms. The van der Waals surface area contributed by atoms with Crippen LogP contribution in [0.2, 0.25) is 0 Å². The molecule has 0 saturated carbocycles. The molecule has 1 heterocycles. The summed E-state index contributed by atoms with van der Waals surface area (Å²) in [5, 5.41) is 19.9. The summed E-state index contributed by atoms with van der Waals surface area (Å²) in [4.78, 5) is 4.19. The number of nitriles is 2. The normalized spacial score (nSPS) is 13.6. The lowest BCUT2D eigenvalue weighted by molar-refractivity contribution is 0.216. The molecule has 106 valence electrons. The van der Waals surface area contributed by atoms with Crippen molar-refractivity contribution in [1.82, 2.24) is 10.4 Å². The van der Waals surface area contributed by atoms with Crippen LogP contribution in [-0.4, -0.2) is 18.0 Å². The molecule has 1 aliphatic rings. The number of aliphatic imine (C=N–C) groups is 1. The van der Waals surface area contributed by atoms with Crippen molar-refractivity contribution in [3.63, 3.8) is 0 Å². The van der Waals surface area contributed by atoms with E-state index in [2.05, 4.69) is 22.6 Å². The highest BCUT2D eigenvalue weighted by Crippen LogP contribution is 2.28. The van der Waals surface area contributed by atoms with Gasteiger partial charge < -0.3 is 5.43 Å². The molecule has 0 atom stereocenters. The van der Waals surface area contributed by atoms with Crippen LogP contribution < -0.4 is 5.43 Å². The van der Waals surface area contributed by atoms with Crippen LogP contribution in [0.15, 0.2) is 53.5 Å². The third-order valence-corrected chi connectivity index (χ3v) is 3.57. The number of rotatable bonds is 3. The molecule has 0 radical (unpaired) electrons. The van der Waals surface area contributed by atoms with Crippen molar-refractivity contribution in [1.29, 1.82) is 10.5 Å². The predicted octanol–water partition coefficient (Wildman–Crippen LogP) is 2.33. The fourth-order valence-corrected chi connectivity index (χ4v) is 2.47. The zero-order chi connectivity index (χ0) is 15.4. The van der Waals surface area contributed by atoms with Crippen LogP contribution in [0, 0.1) is 22.7 Å². The van der Waals surface area contributed by atoms with Crippen molar-refractivity contribution >= 4 is 6.34 Å². The van der Waals surface area contributed by atoms with Gasteiger partial charge in [0.05, 0.1) is 35.6 Å². The van der Waals surface area contributed by atoms with Gasteiger partial charge in [0.25, 0.3) is 0 Å². The van der Waals surface area contributed by atoms with E-state index in [9.17, 15) is 0 Å². The van der Waals surface area contributed by atoms with Crippen molar-refractivity contribution in [2.75, 3.05) is 6.67 Å². The monoisotopic (exact) mass is 287 g/mol. The van der Waals surface area contributed by atoms with Gasteiger partial charge in [0.15, 0.2) is 0 Å². The first-order valence-electron chi connectivity index (χ1n) is 6.83. The van der Waals surface area contributed by atoms with Crippen LogP contribution in [0.3, 0.4) is 0 Å². The van der Waals surface area contributed by atoms with Crippen LogP contribution in [0.5, 0.6) is 0 Å². The van der Waals surface area contributed by atoms with E-state index >= 15 is 0 Å². The van der Waals surface area contributed by atoms with Gasteiger partial charge in [0.1, 0.15) is 6.67 Å². The van der Waals surface area contributed by atoms with Crippen molar-refractivity contribution < 1.29 is 0 Å². The maximum Gasteiger partial charge on any atom is 0.111 e. The first kappa shape index (κ1) is 13.8. The molecule has 2 aromatic carbocycles. The highest BCUT2D eigenvalue weighted by Gasteiger charge is 2.23. The summed E-state index contributed by atoms with van der Waals surface area (Å²) >= 11 is 0. The largest absolute Gasteiger partial charge is 0.307 e. The van der Waals surface area contributed by atoms with Crippen LogP contribution in [0.1, 0.15) is 28.3 Å². The molecule has 0 amide bonds. The van der Waals surface area contributed by atoms with E-state index < -0.39 is 0 Å². The third kappa shape index (κ3) is 2.67. The standard InChI is InChI=1S/C17H13N5/c18-9-13-1-5-15(6-2-13)17(22-12-20-11-21-22)16-7-3-14(10-19)4-8-16/h1-8,11,17H,12H2,(H,20,21). The Hall–Kier alpha value is -3.15. The minimum Gasteiger partial charge on any atom is -0.307 e. The minimum absolute atomic E-state index is 0.0389. The van der Waals surface area contributed by atoms with Gasteiger partial charge in [-0.15, -0.1) is 0 Å². The number of nitrogens with one attached hydrogen (secondary N) is 1. The molecule has 5 nitrogen and oxygen atoms in total. The van der Waals surface area contributed by atoms with Crippen LogP contribution >= 0.6 is 0 Å². The number of benzene rings is 2. The van der Waals surface area contributed by atoms with E-state index in [0.717, 1.165) is 11.1 Å². The average molecular weight is 287 g/mol. The summed E-state index contributed by atoms with van der Waals surface area (Å²) in [7, 11) is 0. The quantitative estimate of drug-likeness (QED) is 0.940. The van der Waals surface area contributed by atoms with Gasteiger partial charge in [0.2, 0.25) is 0 Å². The van der Waals surface area contributed by atoms with Gasteiger partial charge >= 0.3 is 0 Å². The van der Waals surface area contributed by atoms with Crippen LogP contribution in [-0.2, 0) is 0 Å². The molecular formula is C17H13N5. The Morgan fingerprint density at radius 2 is 1.41 bits per heavy atom. The summed E-state index contributed by atoms with van der Waals surface area (Å²) in [6, 6.07) is 19.2. The van der Waals surface area contributed by atoms with Crippen molar-refractivity contribution in [2.45, 2.75) is 6.04 Å². The Morgan fingerprint density at radius 1 is 0.909 bits per heavy atom. The smallest absolute Gasteiger partial charge is 0.111 e. The Balaban J connectivity index is 1.98. The Bertz CT molecular complexity index is 697. The Morgan fingerprint density at radius 3 is 1.77 bits per heavy atom. The molecule has 0 spiro atoms. The summed E-state index contributed by atoms with van der Waals surface area (Å²) in [5.41, 5.74) is 6.50. The number of hydrogen-bond acceptors (Lipinski definition) is 5. The fourth-order valence-electron chi connectivity index (χ4n) is 2.47. The molecule has 0 aromatic heterocycles. The molecule has 2 aromatic rings. The third-order valence-electron chi connectivity index (χ3n) is 3.57. The molecule has 0 saturated heterocycles. The minimum atomic E-state index is -0.0389. The molecule has 22 heavy (non-hydrogen) atoms. The zero-order valence-corrected chi connectivity index (χ0v) is 11.8. The van der Waals surface area contributed by atoms with Gasteiger partial charge in [-0.25, -0.2) is 0 Å². The van der Waals surface area contributed by atoms with Gasteiger partial charge in [-0.3, -0.25) is 4.99 Å². The summed E-state index contributed by atoms with van der Waals surface area (Å²) in [5.74, 6) is 0. The predicted molar refractivity (Wildman–Crippen MR) is 82.5 cm³/mol. The number of hydrazine groups is 1. The van der Waals surface area contributed by atoms with Crippen molar-refractivity contribution in [3.8, 4) is 12.1 Å². The van der Waals surface area contributed by atoms with E-state index in [4.69, 9.17) is 10.5 Å². The first-order valence-corrected chi connectivity index (χ1v) is 6.83. The fraction of sp³-hybridized carbons (Fsp3) is 0.118. The van der Waals surface area contributed by atoms with E-state index in [0.29, 0.717) is 17.8 Å². The van der Waals surface area contributed by atoms with E-state index in [-0.39, 0.29) is 6.04 Å². The van der Waals surface area contributed by atoms with Crippen LogP contribution in [0.25, 0.3) is 0 Å².